The van der Waals surface area contributed by atoms with Crippen molar-refractivity contribution in [2.24, 2.45) is 5.92 Å². The fourth-order valence-electron chi connectivity index (χ4n) is 2.59. The van der Waals surface area contributed by atoms with Gasteiger partial charge in [0.05, 0.1) is 12.5 Å². The van der Waals surface area contributed by atoms with Gasteiger partial charge in [0.1, 0.15) is 0 Å². The Hall–Kier alpha value is -0.650. The third kappa shape index (κ3) is 6.20. The first-order valence-corrected chi connectivity index (χ1v) is 7.83. The molecule has 0 spiro atoms. The molecule has 0 aromatic heterocycles. The van der Waals surface area contributed by atoms with Crippen LogP contribution in [0.1, 0.15) is 40.0 Å². The summed E-state index contributed by atoms with van der Waals surface area (Å²) in [6, 6.07) is 0. The van der Waals surface area contributed by atoms with E-state index in [1.807, 2.05) is 20.8 Å². The molecule has 5 nitrogen and oxygen atoms in total. The van der Waals surface area contributed by atoms with Gasteiger partial charge in [-0.3, -0.25) is 4.79 Å². The molecule has 5 heteroatoms. The molecule has 20 heavy (non-hydrogen) atoms. The number of hydrogen-bond donors (Lipinski definition) is 0. The molecule has 1 unspecified atom stereocenters. The summed E-state index contributed by atoms with van der Waals surface area (Å²) in [5, 5.41) is 0. The predicted molar refractivity (Wildman–Crippen MR) is 77.5 cm³/mol. The summed E-state index contributed by atoms with van der Waals surface area (Å²) in [7, 11) is 0. The largest absolute Gasteiger partial charge is 0.466 e. The van der Waals surface area contributed by atoms with Crippen LogP contribution in [0.4, 0.5) is 0 Å². The standard InChI is InChI=1S/C15H29NO4/c1-4-18-14(19-5-2)9-11-16-10-7-8-13(12-16)15(17)20-6-3/h13-14H,4-12H2,1-3H3. The van der Waals surface area contributed by atoms with Crippen molar-refractivity contribution in [3.05, 3.63) is 0 Å². The van der Waals surface area contributed by atoms with Crippen molar-refractivity contribution in [1.82, 2.24) is 4.90 Å². The van der Waals surface area contributed by atoms with Crippen LogP contribution in [0.25, 0.3) is 0 Å². The summed E-state index contributed by atoms with van der Waals surface area (Å²) in [6.45, 7) is 10.3. The lowest BCUT2D eigenvalue weighted by Crippen LogP contribution is -2.41. The zero-order valence-electron chi connectivity index (χ0n) is 13.1. The second-order valence-corrected chi connectivity index (χ2v) is 5.02. The van der Waals surface area contributed by atoms with Crippen molar-refractivity contribution in [3.8, 4) is 0 Å². The number of ether oxygens (including phenoxy) is 3. The molecule has 0 radical (unpaired) electrons. The molecule has 1 rings (SSSR count). The van der Waals surface area contributed by atoms with E-state index in [9.17, 15) is 4.79 Å². The van der Waals surface area contributed by atoms with Gasteiger partial charge in [-0.2, -0.15) is 0 Å². The minimum atomic E-state index is -0.132. The summed E-state index contributed by atoms with van der Waals surface area (Å²) in [6.07, 6.45) is 2.71. The molecule has 1 aliphatic heterocycles. The van der Waals surface area contributed by atoms with E-state index in [-0.39, 0.29) is 18.2 Å². The highest BCUT2D eigenvalue weighted by Crippen LogP contribution is 2.18. The molecular formula is C15H29NO4. The number of hydrogen-bond acceptors (Lipinski definition) is 5. The topological polar surface area (TPSA) is 48.0 Å². The normalized spacial score (nSPS) is 20.3. The van der Waals surface area contributed by atoms with E-state index < -0.39 is 0 Å². The van der Waals surface area contributed by atoms with Crippen LogP contribution < -0.4 is 0 Å². The molecule has 0 aliphatic carbocycles. The smallest absolute Gasteiger partial charge is 0.310 e. The molecule has 1 atom stereocenters. The van der Waals surface area contributed by atoms with Crippen LogP contribution >= 0.6 is 0 Å². The molecule has 1 saturated heterocycles. The van der Waals surface area contributed by atoms with E-state index in [1.54, 1.807) is 0 Å². The second kappa shape index (κ2) is 10.1. The Morgan fingerprint density at radius 2 is 1.90 bits per heavy atom. The average molecular weight is 287 g/mol. The molecule has 0 aromatic rings. The summed E-state index contributed by atoms with van der Waals surface area (Å²) in [4.78, 5) is 14.1. The first kappa shape index (κ1) is 17.4. The van der Waals surface area contributed by atoms with Crippen molar-refractivity contribution >= 4 is 5.97 Å². The third-order valence-corrected chi connectivity index (χ3v) is 3.51. The SMILES string of the molecule is CCOC(=O)C1CCCN(CCC(OCC)OCC)C1. The highest BCUT2D eigenvalue weighted by Gasteiger charge is 2.27. The maximum atomic E-state index is 11.8. The van der Waals surface area contributed by atoms with Crippen LogP contribution in [0.2, 0.25) is 0 Å². The number of carbonyl (C=O) groups is 1. The highest BCUT2D eigenvalue weighted by molar-refractivity contribution is 5.72. The minimum absolute atomic E-state index is 0.0290. The van der Waals surface area contributed by atoms with Crippen LogP contribution in [0.5, 0.6) is 0 Å². The Balaban J connectivity index is 2.33. The maximum Gasteiger partial charge on any atom is 0.310 e. The van der Waals surface area contributed by atoms with Crippen molar-refractivity contribution in [2.45, 2.75) is 46.3 Å². The van der Waals surface area contributed by atoms with Gasteiger partial charge in [-0.15, -0.1) is 0 Å². The fourth-order valence-corrected chi connectivity index (χ4v) is 2.59. The highest BCUT2D eigenvalue weighted by atomic mass is 16.7. The first-order valence-electron chi connectivity index (χ1n) is 7.83. The van der Waals surface area contributed by atoms with Crippen molar-refractivity contribution in [3.63, 3.8) is 0 Å². The van der Waals surface area contributed by atoms with Gasteiger partial charge in [-0.1, -0.05) is 0 Å². The maximum absolute atomic E-state index is 11.8. The minimum Gasteiger partial charge on any atom is -0.466 e. The molecule has 0 bridgehead atoms. The molecule has 0 amide bonds. The Bertz CT molecular complexity index is 267. The van der Waals surface area contributed by atoms with Gasteiger partial charge in [0, 0.05) is 32.7 Å². The quantitative estimate of drug-likeness (QED) is 0.480. The van der Waals surface area contributed by atoms with Crippen LogP contribution in [0.15, 0.2) is 0 Å². The first-order chi connectivity index (χ1) is 9.71. The summed E-state index contributed by atoms with van der Waals surface area (Å²) < 4.78 is 16.2. The van der Waals surface area contributed by atoms with E-state index >= 15 is 0 Å². The molecular weight excluding hydrogens is 258 g/mol. The van der Waals surface area contributed by atoms with Gasteiger partial charge in [-0.25, -0.2) is 0 Å². The van der Waals surface area contributed by atoms with E-state index in [0.29, 0.717) is 19.8 Å². The Morgan fingerprint density at radius 1 is 1.20 bits per heavy atom. The average Bonchev–Trinajstić information content (AvgIpc) is 2.46. The number of carbonyl (C=O) groups excluding carboxylic acids is 1. The van der Waals surface area contributed by atoms with E-state index in [4.69, 9.17) is 14.2 Å². The zero-order chi connectivity index (χ0) is 14.8. The van der Waals surface area contributed by atoms with Crippen molar-refractivity contribution in [1.29, 1.82) is 0 Å². The van der Waals surface area contributed by atoms with Gasteiger partial charge in [0.15, 0.2) is 6.29 Å². The molecule has 0 saturated carbocycles. The van der Waals surface area contributed by atoms with E-state index in [1.165, 1.54) is 0 Å². The molecule has 0 N–H and O–H groups in total. The van der Waals surface area contributed by atoms with Crippen molar-refractivity contribution in [2.75, 3.05) is 39.5 Å². The van der Waals surface area contributed by atoms with Crippen LogP contribution in [-0.4, -0.2) is 56.6 Å². The number of nitrogens with zero attached hydrogens (tertiary/aromatic N) is 1. The molecule has 118 valence electrons. The molecule has 1 heterocycles. The van der Waals surface area contributed by atoms with Crippen LogP contribution in [-0.2, 0) is 19.0 Å². The third-order valence-electron chi connectivity index (χ3n) is 3.51. The number of esters is 1. The van der Waals surface area contributed by atoms with Crippen LogP contribution in [0.3, 0.4) is 0 Å². The lowest BCUT2D eigenvalue weighted by Gasteiger charge is -2.32. The van der Waals surface area contributed by atoms with Gasteiger partial charge in [-0.05, 0) is 40.2 Å². The lowest BCUT2D eigenvalue weighted by atomic mass is 9.98. The van der Waals surface area contributed by atoms with Gasteiger partial charge >= 0.3 is 5.97 Å². The molecule has 0 aromatic carbocycles. The molecule has 1 fully saturated rings. The fraction of sp³-hybridized carbons (Fsp3) is 0.933. The predicted octanol–water partition coefficient (Wildman–Crippen LogP) is 2.05. The van der Waals surface area contributed by atoms with E-state index in [0.717, 1.165) is 38.9 Å². The summed E-state index contributed by atoms with van der Waals surface area (Å²) in [5.74, 6) is -0.0234. The lowest BCUT2D eigenvalue weighted by molar-refractivity contribution is -0.151. The summed E-state index contributed by atoms with van der Waals surface area (Å²) in [5.41, 5.74) is 0. The molecule has 1 aliphatic rings. The monoisotopic (exact) mass is 287 g/mol. The van der Waals surface area contributed by atoms with Crippen LogP contribution in [0, 0.1) is 5.92 Å². The number of likely N-dealkylation sites (tertiary alicyclic amines) is 1. The van der Waals surface area contributed by atoms with Crippen molar-refractivity contribution < 1.29 is 19.0 Å². The zero-order valence-corrected chi connectivity index (χ0v) is 13.1. The second-order valence-electron chi connectivity index (χ2n) is 5.02. The van der Waals surface area contributed by atoms with Gasteiger partial charge in [0.25, 0.3) is 0 Å². The Labute approximate surface area is 122 Å². The number of piperidine rings is 1. The van der Waals surface area contributed by atoms with Gasteiger partial charge < -0.3 is 19.1 Å². The summed E-state index contributed by atoms with van der Waals surface area (Å²) >= 11 is 0. The van der Waals surface area contributed by atoms with Gasteiger partial charge in [0.2, 0.25) is 0 Å². The Kier molecular flexibility index (Phi) is 8.82. The number of rotatable bonds is 9. The van der Waals surface area contributed by atoms with E-state index in [2.05, 4.69) is 4.90 Å². The Morgan fingerprint density at radius 3 is 2.50 bits per heavy atom.